The molecule has 0 spiro atoms. The number of hydrogen-bond acceptors (Lipinski definition) is 2. The van der Waals surface area contributed by atoms with Gasteiger partial charge in [-0.2, -0.15) is 0 Å². The summed E-state index contributed by atoms with van der Waals surface area (Å²) >= 11 is 3.23. The Balaban J connectivity index is 2.47. The number of benzene rings is 1. The molecule has 96 valence electrons. The van der Waals surface area contributed by atoms with E-state index in [1.165, 1.54) is 12.1 Å². The van der Waals surface area contributed by atoms with E-state index in [-0.39, 0.29) is 11.9 Å². The van der Waals surface area contributed by atoms with E-state index in [9.17, 15) is 9.50 Å². The van der Waals surface area contributed by atoms with Gasteiger partial charge in [-0.15, -0.1) is 0 Å². The Morgan fingerprint density at radius 1 is 1.35 bits per heavy atom. The van der Waals surface area contributed by atoms with Crippen LogP contribution in [0.3, 0.4) is 0 Å². The van der Waals surface area contributed by atoms with Gasteiger partial charge in [0.05, 0.1) is 12.2 Å². The van der Waals surface area contributed by atoms with E-state index in [2.05, 4.69) is 15.9 Å². The van der Waals surface area contributed by atoms with Crippen molar-refractivity contribution in [2.75, 3.05) is 7.11 Å². The zero-order valence-electron chi connectivity index (χ0n) is 10.1. The number of rotatable bonds is 6. The van der Waals surface area contributed by atoms with Crippen LogP contribution in [0.1, 0.15) is 25.3 Å². The van der Waals surface area contributed by atoms with Gasteiger partial charge in [0.1, 0.15) is 5.82 Å². The van der Waals surface area contributed by atoms with Crippen molar-refractivity contribution < 1.29 is 14.2 Å². The molecule has 2 unspecified atom stereocenters. The molecule has 0 saturated heterocycles. The van der Waals surface area contributed by atoms with Gasteiger partial charge in [0.15, 0.2) is 0 Å². The third-order valence-electron chi connectivity index (χ3n) is 2.70. The van der Waals surface area contributed by atoms with Gasteiger partial charge in [0, 0.05) is 11.6 Å². The Morgan fingerprint density at radius 3 is 2.65 bits per heavy atom. The first-order valence-electron chi connectivity index (χ1n) is 5.67. The van der Waals surface area contributed by atoms with E-state index in [0.29, 0.717) is 17.3 Å². The molecular formula is C13H18BrFO2. The summed E-state index contributed by atoms with van der Waals surface area (Å²) in [7, 11) is 1.65. The SMILES string of the molecule is COC(C)CCC(O)Cc1cc(F)cc(Br)c1. The monoisotopic (exact) mass is 304 g/mol. The molecule has 0 saturated carbocycles. The third kappa shape index (κ3) is 5.61. The highest BCUT2D eigenvalue weighted by molar-refractivity contribution is 9.10. The minimum atomic E-state index is -0.457. The van der Waals surface area contributed by atoms with Gasteiger partial charge in [0.25, 0.3) is 0 Å². The fourth-order valence-electron chi connectivity index (χ4n) is 1.65. The van der Waals surface area contributed by atoms with Crippen LogP contribution in [0.25, 0.3) is 0 Å². The second-order valence-electron chi connectivity index (χ2n) is 4.26. The van der Waals surface area contributed by atoms with Crippen LogP contribution in [0.2, 0.25) is 0 Å². The summed E-state index contributed by atoms with van der Waals surface area (Å²) in [5.74, 6) is -0.285. The van der Waals surface area contributed by atoms with Crippen LogP contribution in [0, 0.1) is 5.82 Å². The molecule has 0 amide bonds. The van der Waals surface area contributed by atoms with Crippen molar-refractivity contribution in [2.45, 2.75) is 38.4 Å². The molecule has 0 aliphatic rings. The van der Waals surface area contributed by atoms with Gasteiger partial charge >= 0.3 is 0 Å². The van der Waals surface area contributed by atoms with Gasteiger partial charge in [0.2, 0.25) is 0 Å². The molecule has 0 fully saturated rings. The quantitative estimate of drug-likeness (QED) is 0.874. The Morgan fingerprint density at radius 2 is 2.06 bits per heavy atom. The molecule has 4 heteroatoms. The number of hydrogen-bond donors (Lipinski definition) is 1. The minimum Gasteiger partial charge on any atom is -0.393 e. The number of aliphatic hydroxyl groups excluding tert-OH is 1. The summed E-state index contributed by atoms with van der Waals surface area (Å²) in [6.45, 7) is 1.96. The van der Waals surface area contributed by atoms with Crippen molar-refractivity contribution in [3.63, 3.8) is 0 Å². The maximum atomic E-state index is 13.1. The lowest BCUT2D eigenvalue weighted by atomic mass is 10.0. The predicted molar refractivity (Wildman–Crippen MR) is 69.5 cm³/mol. The zero-order valence-corrected chi connectivity index (χ0v) is 11.7. The summed E-state index contributed by atoms with van der Waals surface area (Å²) in [6.07, 6.45) is 1.61. The summed E-state index contributed by atoms with van der Waals surface area (Å²) in [5, 5.41) is 9.84. The van der Waals surface area contributed by atoms with Crippen molar-refractivity contribution in [3.8, 4) is 0 Å². The van der Waals surface area contributed by atoms with E-state index >= 15 is 0 Å². The Bertz CT molecular complexity index is 337. The molecule has 0 aliphatic heterocycles. The highest BCUT2D eigenvalue weighted by atomic mass is 79.9. The molecule has 17 heavy (non-hydrogen) atoms. The number of aliphatic hydroxyl groups is 1. The van der Waals surface area contributed by atoms with Gasteiger partial charge in [-0.1, -0.05) is 15.9 Å². The topological polar surface area (TPSA) is 29.5 Å². The molecular weight excluding hydrogens is 287 g/mol. The number of ether oxygens (including phenoxy) is 1. The zero-order chi connectivity index (χ0) is 12.8. The van der Waals surface area contributed by atoms with E-state index in [1.54, 1.807) is 7.11 Å². The second kappa shape index (κ2) is 7.09. The van der Waals surface area contributed by atoms with Crippen LogP contribution >= 0.6 is 15.9 Å². The Kier molecular flexibility index (Phi) is 6.09. The highest BCUT2D eigenvalue weighted by Crippen LogP contribution is 2.17. The normalized spacial score (nSPS) is 14.6. The maximum absolute atomic E-state index is 13.1. The lowest BCUT2D eigenvalue weighted by molar-refractivity contribution is 0.0851. The average Bonchev–Trinajstić information content (AvgIpc) is 2.24. The van der Waals surface area contributed by atoms with E-state index in [0.717, 1.165) is 12.0 Å². The first kappa shape index (κ1) is 14.6. The van der Waals surface area contributed by atoms with Gasteiger partial charge in [-0.25, -0.2) is 4.39 Å². The largest absolute Gasteiger partial charge is 0.393 e. The molecule has 0 aromatic heterocycles. The minimum absolute atomic E-state index is 0.142. The molecule has 0 bridgehead atoms. The fraction of sp³-hybridized carbons (Fsp3) is 0.538. The lowest BCUT2D eigenvalue weighted by Gasteiger charge is -2.14. The molecule has 1 aromatic rings. The van der Waals surface area contributed by atoms with E-state index < -0.39 is 6.10 Å². The van der Waals surface area contributed by atoms with Crippen LogP contribution < -0.4 is 0 Å². The Labute approximate surface area is 110 Å². The number of methoxy groups -OCH3 is 1. The standard InChI is InChI=1S/C13H18BrFO2/c1-9(17-2)3-4-13(16)7-10-5-11(14)8-12(15)6-10/h5-6,8-9,13,16H,3-4,7H2,1-2H3. The van der Waals surface area contributed by atoms with Gasteiger partial charge < -0.3 is 9.84 Å². The van der Waals surface area contributed by atoms with Crippen LogP contribution in [-0.4, -0.2) is 24.4 Å². The van der Waals surface area contributed by atoms with Gasteiger partial charge in [-0.05, 0) is 49.9 Å². The van der Waals surface area contributed by atoms with Crippen LogP contribution in [0.15, 0.2) is 22.7 Å². The summed E-state index contributed by atoms with van der Waals surface area (Å²) in [4.78, 5) is 0. The van der Waals surface area contributed by atoms with Crippen molar-refractivity contribution >= 4 is 15.9 Å². The van der Waals surface area contributed by atoms with Crippen LogP contribution in [0.5, 0.6) is 0 Å². The first-order chi connectivity index (χ1) is 8.01. The van der Waals surface area contributed by atoms with Crippen molar-refractivity contribution in [1.29, 1.82) is 0 Å². The van der Waals surface area contributed by atoms with Crippen molar-refractivity contribution in [1.82, 2.24) is 0 Å². The van der Waals surface area contributed by atoms with Gasteiger partial charge in [-0.3, -0.25) is 0 Å². The fourth-order valence-corrected chi connectivity index (χ4v) is 2.16. The molecule has 1 rings (SSSR count). The predicted octanol–water partition coefficient (Wildman–Crippen LogP) is 3.31. The third-order valence-corrected chi connectivity index (χ3v) is 3.16. The Hall–Kier alpha value is -0.450. The highest BCUT2D eigenvalue weighted by Gasteiger charge is 2.09. The summed E-state index contributed by atoms with van der Waals surface area (Å²) < 4.78 is 18.9. The molecule has 1 N–H and O–H groups in total. The molecule has 1 aromatic carbocycles. The van der Waals surface area contributed by atoms with Crippen molar-refractivity contribution in [3.05, 3.63) is 34.1 Å². The average molecular weight is 305 g/mol. The smallest absolute Gasteiger partial charge is 0.124 e. The van der Waals surface area contributed by atoms with E-state index in [1.807, 2.05) is 13.0 Å². The molecule has 0 aliphatic carbocycles. The molecule has 0 heterocycles. The first-order valence-corrected chi connectivity index (χ1v) is 6.46. The van der Waals surface area contributed by atoms with Crippen LogP contribution in [0.4, 0.5) is 4.39 Å². The molecule has 2 nitrogen and oxygen atoms in total. The molecule has 0 radical (unpaired) electrons. The van der Waals surface area contributed by atoms with Crippen LogP contribution in [-0.2, 0) is 11.2 Å². The lowest BCUT2D eigenvalue weighted by Crippen LogP contribution is -2.15. The maximum Gasteiger partial charge on any atom is 0.124 e. The number of halogens is 2. The second-order valence-corrected chi connectivity index (χ2v) is 5.17. The summed E-state index contributed by atoms with van der Waals surface area (Å²) in [5.41, 5.74) is 0.800. The molecule has 2 atom stereocenters. The summed E-state index contributed by atoms with van der Waals surface area (Å²) in [6, 6.07) is 4.68. The van der Waals surface area contributed by atoms with Crippen molar-refractivity contribution in [2.24, 2.45) is 0 Å². The van der Waals surface area contributed by atoms with E-state index in [4.69, 9.17) is 4.74 Å².